The number of carbonyl (C=O) groups excluding carboxylic acids is 1. The summed E-state index contributed by atoms with van der Waals surface area (Å²) in [6.45, 7) is 5.14. The highest BCUT2D eigenvalue weighted by molar-refractivity contribution is 5.92. The maximum atomic E-state index is 12.0. The minimum absolute atomic E-state index is 0.105. The second-order valence-corrected chi connectivity index (χ2v) is 5.10. The van der Waals surface area contributed by atoms with Crippen molar-refractivity contribution >= 4 is 11.6 Å². The van der Waals surface area contributed by atoms with E-state index in [1.54, 1.807) is 0 Å². The molecule has 0 saturated carbocycles. The van der Waals surface area contributed by atoms with E-state index in [0.717, 1.165) is 37.2 Å². The normalized spacial score (nSPS) is 15.9. The zero-order valence-corrected chi connectivity index (χ0v) is 12.6. The van der Waals surface area contributed by atoms with Gasteiger partial charge in [-0.15, -0.1) is 0 Å². The summed E-state index contributed by atoms with van der Waals surface area (Å²) >= 11 is 0. The molecule has 0 radical (unpaired) electrons. The number of rotatable bonds is 7. The zero-order valence-electron chi connectivity index (χ0n) is 12.6. The molecule has 1 saturated heterocycles. The average molecular weight is 292 g/mol. The lowest BCUT2D eigenvalue weighted by Gasteiger charge is -2.22. The van der Waals surface area contributed by atoms with Gasteiger partial charge >= 0.3 is 0 Å². The number of benzene rings is 1. The zero-order chi connectivity index (χ0) is 14.9. The third-order valence-corrected chi connectivity index (χ3v) is 3.49. The fourth-order valence-electron chi connectivity index (χ4n) is 2.32. The quantitative estimate of drug-likeness (QED) is 0.806. The van der Waals surface area contributed by atoms with Crippen LogP contribution in [0.1, 0.15) is 25.3 Å². The van der Waals surface area contributed by atoms with Crippen LogP contribution in [0.15, 0.2) is 24.3 Å². The van der Waals surface area contributed by atoms with E-state index in [1.165, 1.54) is 0 Å². The van der Waals surface area contributed by atoms with Crippen LogP contribution in [0.2, 0.25) is 0 Å². The van der Waals surface area contributed by atoms with Crippen LogP contribution >= 0.6 is 0 Å². The van der Waals surface area contributed by atoms with Crippen LogP contribution in [-0.4, -0.2) is 38.3 Å². The van der Waals surface area contributed by atoms with Gasteiger partial charge in [0, 0.05) is 17.9 Å². The molecule has 1 aliphatic rings. The van der Waals surface area contributed by atoms with E-state index >= 15 is 0 Å². The molecule has 0 aliphatic carbocycles. The highest BCUT2D eigenvalue weighted by atomic mass is 16.5. The number of para-hydroxylation sites is 1. The second kappa shape index (κ2) is 8.77. The van der Waals surface area contributed by atoms with Crippen LogP contribution in [0.4, 0.5) is 5.69 Å². The molecule has 21 heavy (non-hydrogen) atoms. The summed E-state index contributed by atoms with van der Waals surface area (Å²) in [5, 5.41) is 6.17. The van der Waals surface area contributed by atoms with Gasteiger partial charge in [-0.1, -0.05) is 18.2 Å². The van der Waals surface area contributed by atoms with Crippen molar-refractivity contribution in [1.82, 2.24) is 5.32 Å². The smallest absolute Gasteiger partial charge is 0.250 e. The molecule has 2 N–H and O–H groups in total. The van der Waals surface area contributed by atoms with E-state index in [1.807, 2.05) is 31.2 Å². The number of nitrogens with one attached hydrogen (secondary N) is 2. The predicted molar refractivity (Wildman–Crippen MR) is 82.2 cm³/mol. The Bertz CT molecular complexity index is 445. The summed E-state index contributed by atoms with van der Waals surface area (Å²) in [6, 6.07) is 7.68. The molecule has 2 rings (SSSR count). The number of carbonyl (C=O) groups is 1. The summed E-state index contributed by atoms with van der Waals surface area (Å²) in [7, 11) is 0. The minimum Gasteiger partial charge on any atom is -0.377 e. The number of ether oxygens (including phenoxy) is 2. The van der Waals surface area contributed by atoms with E-state index in [4.69, 9.17) is 9.47 Å². The molecule has 1 heterocycles. The largest absolute Gasteiger partial charge is 0.377 e. The molecule has 1 fully saturated rings. The lowest BCUT2D eigenvalue weighted by Crippen LogP contribution is -2.34. The molecule has 0 aromatic heterocycles. The SMILES string of the molecule is CCOCc1ccccc1NC(=O)COC1CCNCC1. The third-order valence-electron chi connectivity index (χ3n) is 3.49. The first-order valence-corrected chi connectivity index (χ1v) is 7.57. The first-order chi connectivity index (χ1) is 10.3. The topological polar surface area (TPSA) is 59.6 Å². The molecule has 1 aliphatic heterocycles. The van der Waals surface area contributed by atoms with Crippen molar-refractivity contribution in [1.29, 1.82) is 0 Å². The molecule has 1 aromatic rings. The molecule has 0 atom stereocenters. The van der Waals surface area contributed by atoms with Gasteiger partial charge in [-0.2, -0.15) is 0 Å². The van der Waals surface area contributed by atoms with Gasteiger partial charge in [0.25, 0.3) is 0 Å². The van der Waals surface area contributed by atoms with Gasteiger partial charge in [0.15, 0.2) is 0 Å². The Morgan fingerprint density at radius 3 is 2.86 bits per heavy atom. The number of hydrogen-bond acceptors (Lipinski definition) is 4. The molecule has 1 amide bonds. The standard InChI is InChI=1S/C16H24N2O3/c1-2-20-11-13-5-3-4-6-15(13)18-16(19)12-21-14-7-9-17-10-8-14/h3-6,14,17H,2,7-12H2,1H3,(H,18,19). The Kier molecular flexibility index (Phi) is 6.66. The van der Waals surface area contributed by atoms with Crippen molar-refractivity contribution in [2.45, 2.75) is 32.5 Å². The van der Waals surface area contributed by atoms with Gasteiger partial charge in [-0.3, -0.25) is 4.79 Å². The van der Waals surface area contributed by atoms with Gasteiger partial charge < -0.3 is 20.1 Å². The van der Waals surface area contributed by atoms with E-state index in [-0.39, 0.29) is 18.6 Å². The van der Waals surface area contributed by atoms with Crippen molar-refractivity contribution in [3.63, 3.8) is 0 Å². The summed E-state index contributed by atoms with van der Waals surface area (Å²) in [4.78, 5) is 12.0. The maximum Gasteiger partial charge on any atom is 0.250 e. The first-order valence-electron chi connectivity index (χ1n) is 7.57. The summed E-state index contributed by atoms with van der Waals surface area (Å²) in [6.07, 6.45) is 2.12. The number of anilines is 1. The van der Waals surface area contributed by atoms with Crippen molar-refractivity contribution in [2.75, 3.05) is 31.6 Å². The molecular weight excluding hydrogens is 268 g/mol. The monoisotopic (exact) mass is 292 g/mol. The summed E-state index contributed by atoms with van der Waals surface area (Å²) in [5.74, 6) is -0.113. The number of piperidine rings is 1. The lowest BCUT2D eigenvalue weighted by molar-refractivity contribution is -0.123. The molecule has 1 aromatic carbocycles. The van der Waals surface area contributed by atoms with Crippen molar-refractivity contribution in [3.8, 4) is 0 Å². The van der Waals surface area contributed by atoms with Crippen molar-refractivity contribution in [3.05, 3.63) is 29.8 Å². The van der Waals surface area contributed by atoms with E-state index in [9.17, 15) is 4.79 Å². The molecule has 116 valence electrons. The third kappa shape index (κ3) is 5.46. The van der Waals surface area contributed by atoms with Crippen LogP contribution in [0.3, 0.4) is 0 Å². The fraction of sp³-hybridized carbons (Fsp3) is 0.562. The van der Waals surface area contributed by atoms with Gasteiger partial charge in [-0.25, -0.2) is 0 Å². The summed E-state index contributed by atoms with van der Waals surface area (Å²) < 4.78 is 11.1. The van der Waals surface area contributed by atoms with Gasteiger partial charge in [0.05, 0.1) is 12.7 Å². The number of hydrogen-bond donors (Lipinski definition) is 2. The van der Waals surface area contributed by atoms with Gasteiger partial charge in [0.1, 0.15) is 6.61 Å². The Balaban J connectivity index is 1.81. The fourth-order valence-corrected chi connectivity index (χ4v) is 2.32. The molecule has 0 unspecified atom stereocenters. The van der Waals surface area contributed by atoms with Crippen LogP contribution < -0.4 is 10.6 Å². The first kappa shape index (κ1) is 15.9. The lowest BCUT2D eigenvalue weighted by atomic mass is 10.1. The van der Waals surface area contributed by atoms with E-state index in [2.05, 4.69) is 10.6 Å². The Morgan fingerprint density at radius 2 is 2.10 bits per heavy atom. The number of amides is 1. The van der Waals surface area contributed by atoms with Crippen molar-refractivity contribution < 1.29 is 14.3 Å². The Hall–Kier alpha value is -1.43. The molecule has 0 bridgehead atoms. The molecule has 5 heteroatoms. The highest BCUT2D eigenvalue weighted by Gasteiger charge is 2.15. The van der Waals surface area contributed by atoms with Crippen LogP contribution in [-0.2, 0) is 20.9 Å². The van der Waals surface area contributed by atoms with E-state index in [0.29, 0.717) is 13.2 Å². The van der Waals surface area contributed by atoms with Crippen LogP contribution in [0.5, 0.6) is 0 Å². The Labute approximate surface area is 126 Å². The van der Waals surface area contributed by atoms with Gasteiger partial charge in [-0.05, 0) is 38.9 Å². The maximum absolute atomic E-state index is 12.0. The minimum atomic E-state index is -0.113. The summed E-state index contributed by atoms with van der Waals surface area (Å²) in [5.41, 5.74) is 1.78. The van der Waals surface area contributed by atoms with Crippen molar-refractivity contribution in [2.24, 2.45) is 0 Å². The predicted octanol–water partition coefficient (Wildman–Crippen LogP) is 1.93. The average Bonchev–Trinajstić information content (AvgIpc) is 2.53. The van der Waals surface area contributed by atoms with Gasteiger partial charge in [0.2, 0.25) is 5.91 Å². The Morgan fingerprint density at radius 1 is 1.33 bits per heavy atom. The second-order valence-electron chi connectivity index (χ2n) is 5.10. The molecule has 0 spiro atoms. The highest BCUT2D eigenvalue weighted by Crippen LogP contribution is 2.16. The molecule has 5 nitrogen and oxygen atoms in total. The van der Waals surface area contributed by atoms with E-state index < -0.39 is 0 Å². The molecular formula is C16H24N2O3. The van der Waals surface area contributed by atoms with Crippen LogP contribution in [0.25, 0.3) is 0 Å². The van der Waals surface area contributed by atoms with Crippen LogP contribution in [0, 0.1) is 0 Å².